The summed E-state index contributed by atoms with van der Waals surface area (Å²) in [5.41, 5.74) is 4.00. The predicted octanol–water partition coefficient (Wildman–Crippen LogP) is 3.28. The van der Waals surface area contributed by atoms with Gasteiger partial charge in [-0.25, -0.2) is 9.37 Å². The number of imidazole rings is 1. The molecule has 1 amide bonds. The van der Waals surface area contributed by atoms with Gasteiger partial charge in [0, 0.05) is 17.4 Å². The van der Waals surface area contributed by atoms with Crippen molar-refractivity contribution in [2.75, 3.05) is 18.5 Å². The van der Waals surface area contributed by atoms with Crippen LogP contribution in [0, 0.1) is 6.92 Å². The summed E-state index contributed by atoms with van der Waals surface area (Å²) in [5.74, 6) is 0.0210. The number of ether oxygens (including phenoxy) is 1. The van der Waals surface area contributed by atoms with Crippen molar-refractivity contribution in [1.29, 1.82) is 0 Å². The van der Waals surface area contributed by atoms with Crippen molar-refractivity contribution in [3.63, 3.8) is 0 Å². The number of pyridine rings is 1. The molecule has 10 heteroatoms. The topological polar surface area (TPSA) is 115 Å². The van der Waals surface area contributed by atoms with Crippen molar-refractivity contribution in [3.05, 3.63) is 65.4 Å². The Morgan fingerprint density at radius 3 is 3.00 bits per heavy atom. The van der Waals surface area contributed by atoms with E-state index in [4.69, 9.17) is 14.4 Å². The first-order valence-corrected chi connectivity index (χ1v) is 10.6. The molecule has 9 nitrogen and oxygen atoms in total. The molecule has 0 unspecified atom stereocenters. The highest BCUT2D eigenvalue weighted by atomic mass is 19.1. The second-order valence-corrected chi connectivity index (χ2v) is 7.98. The third kappa shape index (κ3) is 4.35. The molecule has 0 spiro atoms. The Balaban J connectivity index is 1.34. The molecule has 0 saturated heterocycles. The fourth-order valence-electron chi connectivity index (χ4n) is 3.54. The number of carbonyl (C=O) groups is 1. The lowest BCUT2D eigenvalue weighted by Crippen LogP contribution is -2.15. The molecule has 1 fully saturated rings. The van der Waals surface area contributed by atoms with E-state index in [9.17, 15) is 9.18 Å². The van der Waals surface area contributed by atoms with E-state index in [1.165, 1.54) is 6.20 Å². The lowest BCUT2D eigenvalue weighted by Gasteiger charge is -2.10. The van der Waals surface area contributed by atoms with Gasteiger partial charge >= 0.3 is 0 Å². The van der Waals surface area contributed by atoms with Gasteiger partial charge in [0.05, 0.1) is 31.9 Å². The number of carbonyl (C=O) groups excluding carboxylic acids is 1. The number of hydrogen-bond acceptors (Lipinski definition) is 7. The zero-order valence-corrected chi connectivity index (χ0v) is 17.9. The molecule has 1 aliphatic carbocycles. The summed E-state index contributed by atoms with van der Waals surface area (Å²) >= 11 is 0. The average Bonchev–Trinajstić information content (AvgIpc) is 3.19. The highest BCUT2D eigenvalue weighted by Gasteiger charge is 2.43. The standard InChI is InChI=1S/C23H22FN5O4/c1-13-2-3-15(21-27-23(33-28-21)16-10-17(16)24)9-18(13)26-22(31)19-11-25-20-8-14(4-5-29(19)20)12-32-7-6-30/h2-5,8-9,11,16-17,30H,6-7,10,12H2,1H3,(H,26,31)/t16-,17-/m1/s1. The fourth-order valence-corrected chi connectivity index (χ4v) is 3.54. The van der Waals surface area contributed by atoms with Crippen LogP contribution in [0.3, 0.4) is 0 Å². The number of aliphatic hydroxyl groups excluding tert-OH is 1. The van der Waals surface area contributed by atoms with Crippen molar-refractivity contribution in [1.82, 2.24) is 19.5 Å². The molecule has 0 bridgehead atoms. The lowest BCUT2D eigenvalue weighted by atomic mass is 10.1. The Bertz CT molecular complexity index is 1320. The first-order valence-electron chi connectivity index (χ1n) is 10.6. The first-order chi connectivity index (χ1) is 16.0. The Labute approximate surface area is 188 Å². The van der Waals surface area contributed by atoms with Crippen molar-refractivity contribution < 1.29 is 23.6 Å². The Kier molecular flexibility index (Phi) is 5.61. The maximum atomic E-state index is 13.3. The number of anilines is 1. The number of halogens is 1. The molecular weight excluding hydrogens is 429 g/mol. The van der Waals surface area contributed by atoms with Gasteiger partial charge < -0.3 is 19.7 Å². The SMILES string of the molecule is Cc1ccc(-c2noc([C@@H]3C[C@H]3F)n2)cc1NC(=O)c1cnc2cc(COCCO)ccn12. The number of aryl methyl sites for hydroxylation is 1. The summed E-state index contributed by atoms with van der Waals surface area (Å²) in [5, 5.41) is 15.7. The third-order valence-electron chi connectivity index (χ3n) is 5.53. The molecule has 0 aliphatic heterocycles. The van der Waals surface area contributed by atoms with E-state index in [0.29, 0.717) is 47.3 Å². The minimum Gasteiger partial charge on any atom is -0.394 e. The Morgan fingerprint density at radius 2 is 2.21 bits per heavy atom. The van der Waals surface area contributed by atoms with Gasteiger partial charge in [0.15, 0.2) is 0 Å². The van der Waals surface area contributed by atoms with Crippen LogP contribution in [0.4, 0.5) is 10.1 Å². The number of nitrogens with one attached hydrogen (secondary N) is 1. The number of fused-ring (bicyclic) bond motifs is 1. The van der Waals surface area contributed by atoms with Crippen LogP contribution in [0.15, 0.2) is 47.2 Å². The number of rotatable bonds is 8. The molecule has 1 aliphatic rings. The molecule has 1 saturated carbocycles. The largest absolute Gasteiger partial charge is 0.394 e. The smallest absolute Gasteiger partial charge is 0.274 e. The number of alkyl halides is 1. The van der Waals surface area contributed by atoms with Gasteiger partial charge in [-0.2, -0.15) is 4.98 Å². The van der Waals surface area contributed by atoms with E-state index < -0.39 is 6.17 Å². The summed E-state index contributed by atoms with van der Waals surface area (Å²) in [6, 6.07) is 9.11. The van der Waals surface area contributed by atoms with Crippen LogP contribution in [-0.4, -0.2) is 49.9 Å². The zero-order chi connectivity index (χ0) is 22.9. The monoisotopic (exact) mass is 451 g/mol. The zero-order valence-electron chi connectivity index (χ0n) is 17.9. The molecule has 4 aromatic rings. The second kappa shape index (κ2) is 8.72. The molecule has 0 radical (unpaired) electrons. The summed E-state index contributed by atoms with van der Waals surface area (Å²) < 4.78 is 25.5. The quantitative estimate of drug-likeness (QED) is 0.395. The summed E-state index contributed by atoms with van der Waals surface area (Å²) in [6.07, 6.45) is 2.76. The van der Waals surface area contributed by atoms with Gasteiger partial charge in [0.1, 0.15) is 17.5 Å². The van der Waals surface area contributed by atoms with Gasteiger partial charge in [-0.15, -0.1) is 0 Å². The van der Waals surface area contributed by atoms with E-state index in [1.54, 1.807) is 16.7 Å². The van der Waals surface area contributed by atoms with E-state index >= 15 is 0 Å². The number of aromatic nitrogens is 4. The van der Waals surface area contributed by atoms with Crippen molar-refractivity contribution in [2.24, 2.45) is 0 Å². The van der Waals surface area contributed by atoms with Crippen LogP contribution in [0.2, 0.25) is 0 Å². The van der Waals surface area contributed by atoms with Crippen LogP contribution in [0.25, 0.3) is 17.0 Å². The van der Waals surface area contributed by atoms with E-state index in [0.717, 1.165) is 11.1 Å². The van der Waals surface area contributed by atoms with Gasteiger partial charge in [-0.1, -0.05) is 17.3 Å². The van der Waals surface area contributed by atoms with Crippen LogP contribution in [-0.2, 0) is 11.3 Å². The minimum atomic E-state index is -0.916. The van der Waals surface area contributed by atoms with Gasteiger partial charge in [-0.3, -0.25) is 9.20 Å². The average molecular weight is 451 g/mol. The minimum absolute atomic E-state index is 0.0386. The Hall–Kier alpha value is -3.63. The van der Waals surface area contributed by atoms with Crippen LogP contribution < -0.4 is 5.32 Å². The van der Waals surface area contributed by atoms with E-state index in [-0.39, 0.29) is 25.0 Å². The van der Waals surface area contributed by atoms with Gasteiger partial charge in [-0.05, 0) is 42.7 Å². The molecule has 1 aromatic carbocycles. The van der Waals surface area contributed by atoms with Crippen molar-refractivity contribution in [3.8, 4) is 11.4 Å². The van der Waals surface area contributed by atoms with E-state index in [2.05, 4.69) is 20.4 Å². The summed E-state index contributed by atoms with van der Waals surface area (Å²) in [4.78, 5) is 21.6. The predicted molar refractivity (Wildman–Crippen MR) is 117 cm³/mol. The number of hydrogen-bond donors (Lipinski definition) is 2. The highest BCUT2D eigenvalue weighted by molar-refractivity contribution is 6.04. The second-order valence-electron chi connectivity index (χ2n) is 7.98. The maximum Gasteiger partial charge on any atom is 0.274 e. The molecule has 2 atom stereocenters. The van der Waals surface area contributed by atoms with Crippen LogP contribution >= 0.6 is 0 Å². The molecule has 5 rings (SSSR count). The number of amides is 1. The molecule has 33 heavy (non-hydrogen) atoms. The van der Waals surface area contributed by atoms with E-state index in [1.807, 2.05) is 31.2 Å². The molecule has 170 valence electrons. The van der Waals surface area contributed by atoms with Crippen LogP contribution in [0.5, 0.6) is 0 Å². The van der Waals surface area contributed by atoms with Crippen LogP contribution in [0.1, 0.15) is 39.8 Å². The summed E-state index contributed by atoms with van der Waals surface area (Å²) in [6.45, 7) is 2.45. The molecule has 2 N–H and O–H groups in total. The van der Waals surface area contributed by atoms with Gasteiger partial charge in [0.25, 0.3) is 5.91 Å². The number of nitrogens with zero attached hydrogens (tertiary/aromatic N) is 4. The number of benzene rings is 1. The van der Waals surface area contributed by atoms with Gasteiger partial charge in [0.2, 0.25) is 11.7 Å². The lowest BCUT2D eigenvalue weighted by molar-refractivity contribution is 0.0815. The summed E-state index contributed by atoms with van der Waals surface area (Å²) in [7, 11) is 0. The highest BCUT2D eigenvalue weighted by Crippen LogP contribution is 2.43. The third-order valence-corrected chi connectivity index (χ3v) is 5.53. The Morgan fingerprint density at radius 1 is 1.36 bits per heavy atom. The van der Waals surface area contributed by atoms with Crippen molar-refractivity contribution in [2.45, 2.75) is 32.0 Å². The molecule has 3 aromatic heterocycles. The maximum absolute atomic E-state index is 13.3. The van der Waals surface area contributed by atoms with Crippen molar-refractivity contribution >= 4 is 17.2 Å². The normalized spacial score (nSPS) is 17.4. The molecule has 3 heterocycles. The number of aliphatic hydroxyl groups is 1. The first kappa shape index (κ1) is 21.2. The fraction of sp³-hybridized carbons (Fsp3) is 0.304. The molecular formula is C23H22FN5O4.